The molecule has 1 aromatic carbocycles. The summed E-state index contributed by atoms with van der Waals surface area (Å²) in [4.78, 5) is 0. The van der Waals surface area contributed by atoms with Crippen molar-refractivity contribution in [1.29, 1.82) is 0 Å². The summed E-state index contributed by atoms with van der Waals surface area (Å²) in [7, 11) is 0. The zero-order valence-corrected chi connectivity index (χ0v) is 10.5. The molecule has 2 heteroatoms. The van der Waals surface area contributed by atoms with E-state index in [-0.39, 0.29) is 12.0 Å². The summed E-state index contributed by atoms with van der Waals surface area (Å²) in [5, 5.41) is 12.3. The molecule has 0 spiro atoms. The zero-order chi connectivity index (χ0) is 12.0. The summed E-state index contributed by atoms with van der Waals surface area (Å²) in [6, 6.07) is 10.9. The Kier molecular flexibility index (Phi) is 4.97. The van der Waals surface area contributed by atoms with E-state index < -0.39 is 0 Å². The van der Waals surface area contributed by atoms with Crippen molar-refractivity contribution in [3.05, 3.63) is 35.9 Å². The molecule has 0 aliphatic heterocycles. The number of aliphatic hydroxyl groups is 1. The van der Waals surface area contributed by atoms with Crippen LogP contribution in [0.3, 0.4) is 0 Å². The number of aliphatic hydroxyl groups excluding tert-OH is 1. The molecule has 16 heavy (non-hydrogen) atoms. The van der Waals surface area contributed by atoms with Gasteiger partial charge in [-0.2, -0.15) is 0 Å². The van der Waals surface area contributed by atoms with Gasteiger partial charge in [-0.1, -0.05) is 44.2 Å². The lowest BCUT2D eigenvalue weighted by Gasteiger charge is -2.27. The number of benzene rings is 1. The number of hydrogen-bond acceptors (Lipinski definition) is 2. The lowest BCUT2D eigenvalue weighted by atomic mass is 9.84. The smallest absolute Gasteiger partial charge is 0.0445 e. The van der Waals surface area contributed by atoms with E-state index in [1.165, 1.54) is 5.56 Å². The Morgan fingerprint density at radius 3 is 2.44 bits per heavy atom. The van der Waals surface area contributed by atoms with E-state index in [0.717, 1.165) is 13.0 Å². The highest BCUT2D eigenvalue weighted by molar-refractivity contribution is 5.23. The van der Waals surface area contributed by atoms with Crippen LogP contribution in [0.25, 0.3) is 0 Å². The van der Waals surface area contributed by atoms with Crippen LogP contribution in [0.1, 0.15) is 32.8 Å². The Balaban J connectivity index is 2.52. The van der Waals surface area contributed by atoms with Gasteiger partial charge in [-0.3, -0.25) is 0 Å². The Bertz CT molecular complexity index is 295. The largest absolute Gasteiger partial charge is 0.396 e. The maximum Gasteiger partial charge on any atom is 0.0445 e. The lowest BCUT2D eigenvalue weighted by molar-refractivity contribution is 0.265. The molecule has 0 aliphatic rings. The summed E-state index contributed by atoms with van der Waals surface area (Å²) in [6.45, 7) is 7.76. The fourth-order valence-electron chi connectivity index (χ4n) is 1.72. The number of rotatable bonds is 6. The molecule has 0 bridgehead atoms. The van der Waals surface area contributed by atoms with Crippen LogP contribution in [-0.2, 0) is 5.41 Å². The molecule has 0 aliphatic carbocycles. The summed E-state index contributed by atoms with van der Waals surface area (Å²) < 4.78 is 0. The van der Waals surface area contributed by atoms with Gasteiger partial charge in [-0.15, -0.1) is 0 Å². The Labute approximate surface area is 98.7 Å². The van der Waals surface area contributed by atoms with Crippen LogP contribution in [0.2, 0.25) is 0 Å². The van der Waals surface area contributed by atoms with Crippen LogP contribution in [0, 0.1) is 0 Å². The first kappa shape index (κ1) is 13.2. The van der Waals surface area contributed by atoms with Crippen LogP contribution in [0.4, 0.5) is 0 Å². The van der Waals surface area contributed by atoms with E-state index in [1.807, 2.05) is 6.07 Å². The Morgan fingerprint density at radius 2 is 1.88 bits per heavy atom. The molecule has 1 aromatic rings. The molecule has 0 saturated carbocycles. The third-order valence-corrected chi connectivity index (χ3v) is 3.01. The van der Waals surface area contributed by atoms with Crippen LogP contribution in [-0.4, -0.2) is 24.3 Å². The van der Waals surface area contributed by atoms with Gasteiger partial charge in [0, 0.05) is 24.6 Å². The van der Waals surface area contributed by atoms with Gasteiger partial charge in [0.15, 0.2) is 0 Å². The Morgan fingerprint density at radius 1 is 1.25 bits per heavy atom. The van der Waals surface area contributed by atoms with Crippen molar-refractivity contribution >= 4 is 0 Å². The molecule has 2 N–H and O–H groups in total. The van der Waals surface area contributed by atoms with Crippen molar-refractivity contribution in [3.63, 3.8) is 0 Å². The van der Waals surface area contributed by atoms with Crippen molar-refractivity contribution in [1.82, 2.24) is 5.32 Å². The number of nitrogens with one attached hydrogen (secondary N) is 1. The molecule has 0 saturated heterocycles. The lowest BCUT2D eigenvalue weighted by Crippen LogP contribution is -2.38. The van der Waals surface area contributed by atoms with E-state index in [1.54, 1.807) is 0 Å². The quantitative estimate of drug-likeness (QED) is 0.772. The molecule has 1 atom stereocenters. The van der Waals surface area contributed by atoms with Crippen molar-refractivity contribution in [3.8, 4) is 0 Å². The van der Waals surface area contributed by atoms with Gasteiger partial charge >= 0.3 is 0 Å². The molecular formula is C14H23NO. The fourth-order valence-corrected chi connectivity index (χ4v) is 1.72. The van der Waals surface area contributed by atoms with E-state index in [0.29, 0.717) is 6.04 Å². The van der Waals surface area contributed by atoms with Crippen molar-refractivity contribution in [2.45, 2.75) is 38.6 Å². The van der Waals surface area contributed by atoms with Gasteiger partial charge in [0.1, 0.15) is 0 Å². The second-order valence-corrected chi connectivity index (χ2v) is 5.04. The van der Waals surface area contributed by atoms with Gasteiger partial charge in [0.25, 0.3) is 0 Å². The van der Waals surface area contributed by atoms with Crippen LogP contribution >= 0.6 is 0 Å². The predicted molar refractivity (Wildman–Crippen MR) is 68.6 cm³/mol. The third kappa shape index (κ3) is 3.95. The zero-order valence-electron chi connectivity index (χ0n) is 10.5. The third-order valence-electron chi connectivity index (χ3n) is 3.01. The molecule has 1 rings (SSSR count). The van der Waals surface area contributed by atoms with E-state index in [9.17, 15) is 0 Å². The topological polar surface area (TPSA) is 32.3 Å². The minimum atomic E-state index is 0.130. The predicted octanol–water partition coefficient (Wildman–Crippen LogP) is 2.32. The average Bonchev–Trinajstić information content (AvgIpc) is 2.28. The number of hydrogen-bond donors (Lipinski definition) is 2. The van der Waals surface area contributed by atoms with Gasteiger partial charge in [0.05, 0.1) is 0 Å². The van der Waals surface area contributed by atoms with Crippen LogP contribution < -0.4 is 5.32 Å². The maximum absolute atomic E-state index is 8.84. The molecular weight excluding hydrogens is 198 g/mol. The normalized spacial score (nSPS) is 13.8. The van der Waals surface area contributed by atoms with Crippen molar-refractivity contribution in [2.24, 2.45) is 0 Å². The van der Waals surface area contributed by atoms with Crippen molar-refractivity contribution < 1.29 is 5.11 Å². The first-order chi connectivity index (χ1) is 7.56. The van der Waals surface area contributed by atoms with Gasteiger partial charge in [-0.05, 0) is 18.9 Å². The fraction of sp³-hybridized carbons (Fsp3) is 0.571. The average molecular weight is 221 g/mol. The van der Waals surface area contributed by atoms with Gasteiger partial charge in [-0.25, -0.2) is 0 Å². The van der Waals surface area contributed by atoms with E-state index in [4.69, 9.17) is 5.11 Å². The molecule has 0 unspecified atom stereocenters. The second kappa shape index (κ2) is 6.02. The van der Waals surface area contributed by atoms with Crippen LogP contribution in [0.5, 0.6) is 0 Å². The molecule has 0 radical (unpaired) electrons. The summed E-state index contributed by atoms with van der Waals surface area (Å²) in [5.41, 5.74) is 1.48. The summed E-state index contributed by atoms with van der Waals surface area (Å²) in [6.07, 6.45) is 0.810. The van der Waals surface area contributed by atoms with Crippen molar-refractivity contribution in [2.75, 3.05) is 13.2 Å². The monoisotopic (exact) mass is 221 g/mol. The molecule has 0 aromatic heterocycles. The SMILES string of the molecule is C[C@H](CCO)NCC(C)(C)c1ccccc1. The minimum absolute atomic E-state index is 0.130. The van der Waals surface area contributed by atoms with E-state index in [2.05, 4.69) is 50.4 Å². The highest BCUT2D eigenvalue weighted by atomic mass is 16.3. The highest BCUT2D eigenvalue weighted by Crippen LogP contribution is 2.21. The molecule has 0 heterocycles. The molecule has 0 amide bonds. The maximum atomic E-state index is 8.84. The standard InChI is InChI=1S/C14H23NO/c1-12(9-10-16)15-11-14(2,3)13-7-5-4-6-8-13/h4-8,12,15-16H,9-11H2,1-3H3/t12-/m1/s1. The Hall–Kier alpha value is -0.860. The molecule has 90 valence electrons. The van der Waals surface area contributed by atoms with Crippen LogP contribution in [0.15, 0.2) is 30.3 Å². The molecule has 0 fully saturated rings. The second-order valence-electron chi connectivity index (χ2n) is 5.04. The summed E-state index contributed by atoms with van der Waals surface area (Å²) >= 11 is 0. The minimum Gasteiger partial charge on any atom is -0.396 e. The first-order valence-electron chi connectivity index (χ1n) is 5.96. The van der Waals surface area contributed by atoms with Gasteiger partial charge < -0.3 is 10.4 Å². The molecule has 2 nitrogen and oxygen atoms in total. The van der Waals surface area contributed by atoms with E-state index >= 15 is 0 Å². The highest BCUT2D eigenvalue weighted by Gasteiger charge is 2.20. The van der Waals surface area contributed by atoms with Gasteiger partial charge in [0.2, 0.25) is 0 Å². The first-order valence-corrected chi connectivity index (χ1v) is 5.96. The summed E-state index contributed by atoms with van der Waals surface area (Å²) in [5.74, 6) is 0.